The number of alkyl halides is 5. The van der Waals surface area contributed by atoms with Crippen molar-refractivity contribution in [2.24, 2.45) is 5.92 Å². The predicted molar refractivity (Wildman–Crippen MR) is 50.4 cm³/mol. The van der Waals surface area contributed by atoms with Crippen LogP contribution in [0.15, 0.2) is 0 Å². The molecule has 0 amide bonds. The summed E-state index contributed by atoms with van der Waals surface area (Å²) in [6, 6.07) is 0. The molecule has 0 aromatic rings. The molecule has 96 valence electrons. The summed E-state index contributed by atoms with van der Waals surface area (Å²) >= 11 is 0. The van der Waals surface area contributed by atoms with E-state index >= 15 is 0 Å². The Morgan fingerprint density at radius 2 is 2.00 bits per heavy atom. The second-order valence-electron chi connectivity index (χ2n) is 4.32. The van der Waals surface area contributed by atoms with Crippen LogP contribution >= 0.6 is 0 Å². The highest BCUT2D eigenvalue weighted by Gasteiger charge is 2.51. The van der Waals surface area contributed by atoms with Crippen molar-refractivity contribution >= 4 is 0 Å². The molecule has 1 aliphatic carbocycles. The average molecular weight is 245 g/mol. The summed E-state index contributed by atoms with van der Waals surface area (Å²) in [4.78, 5) is 0. The topological polar surface area (TPSA) is 12.0 Å². The highest BCUT2D eigenvalue weighted by molar-refractivity contribution is 4.97. The molecule has 0 bridgehead atoms. The van der Waals surface area contributed by atoms with Crippen molar-refractivity contribution in [2.45, 2.75) is 50.7 Å². The van der Waals surface area contributed by atoms with Crippen molar-refractivity contribution in [3.05, 3.63) is 0 Å². The first-order chi connectivity index (χ1) is 7.32. The van der Waals surface area contributed by atoms with Crippen LogP contribution in [0.1, 0.15) is 32.6 Å². The van der Waals surface area contributed by atoms with Crippen molar-refractivity contribution in [1.82, 2.24) is 5.32 Å². The van der Waals surface area contributed by atoms with Crippen molar-refractivity contribution in [2.75, 3.05) is 6.54 Å². The van der Waals surface area contributed by atoms with E-state index in [9.17, 15) is 22.0 Å². The van der Waals surface area contributed by atoms with Crippen LogP contribution < -0.4 is 5.32 Å². The van der Waals surface area contributed by atoms with Crippen LogP contribution in [0.3, 0.4) is 0 Å². The van der Waals surface area contributed by atoms with Gasteiger partial charge in [0.15, 0.2) is 0 Å². The molecule has 1 nitrogen and oxygen atoms in total. The Hall–Kier alpha value is -0.390. The summed E-state index contributed by atoms with van der Waals surface area (Å²) in [6.07, 6.45) is -7.36. The summed E-state index contributed by atoms with van der Waals surface area (Å²) in [6.45, 7) is 1.89. The van der Waals surface area contributed by atoms with Gasteiger partial charge in [0.2, 0.25) is 0 Å². The van der Waals surface area contributed by atoms with E-state index in [1.54, 1.807) is 6.92 Å². The van der Waals surface area contributed by atoms with Gasteiger partial charge in [0.1, 0.15) is 0 Å². The third-order valence-electron chi connectivity index (χ3n) is 3.20. The first-order valence-electron chi connectivity index (χ1n) is 5.41. The van der Waals surface area contributed by atoms with Crippen molar-refractivity contribution in [3.8, 4) is 0 Å². The lowest BCUT2D eigenvalue weighted by atomic mass is 9.75. The van der Waals surface area contributed by atoms with Crippen LogP contribution in [0, 0.1) is 5.92 Å². The molecular formula is C10H16F5N. The predicted octanol–water partition coefficient (Wildman–Crippen LogP) is 3.35. The molecular weight excluding hydrogens is 229 g/mol. The molecule has 1 fully saturated rings. The number of rotatable bonds is 3. The number of halogens is 5. The van der Waals surface area contributed by atoms with Crippen LogP contribution in [0.5, 0.6) is 0 Å². The normalized spacial score (nSPS) is 32.1. The van der Waals surface area contributed by atoms with Crippen LogP contribution in [-0.2, 0) is 0 Å². The van der Waals surface area contributed by atoms with E-state index in [1.165, 1.54) is 0 Å². The minimum Gasteiger partial charge on any atom is -0.307 e. The van der Waals surface area contributed by atoms with Gasteiger partial charge in [-0.1, -0.05) is 13.3 Å². The van der Waals surface area contributed by atoms with Gasteiger partial charge in [-0.15, -0.1) is 0 Å². The van der Waals surface area contributed by atoms with Crippen LogP contribution in [0.25, 0.3) is 0 Å². The Bertz CT molecular complexity index is 224. The summed E-state index contributed by atoms with van der Waals surface area (Å²) in [5, 5.41) is 2.55. The van der Waals surface area contributed by atoms with Gasteiger partial charge in [-0.25, -0.2) is 8.78 Å². The molecule has 0 aliphatic heterocycles. The monoisotopic (exact) mass is 245 g/mol. The molecule has 0 saturated heterocycles. The standard InChI is InChI=1S/C10H16F5N/c1-2-16-9(8(11)12)5-3-4-7(6-9)10(13,14)15/h7-8,16H,2-6H2,1H3. The van der Waals surface area contributed by atoms with Crippen LogP contribution in [0.2, 0.25) is 0 Å². The molecule has 6 heteroatoms. The van der Waals surface area contributed by atoms with Gasteiger partial charge < -0.3 is 5.32 Å². The molecule has 2 unspecified atom stereocenters. The molecule has 1 N–H and O–H groups in total. The summed E-state index contributed by atoms with van der Waals surface area (Å²) in [5.41, 5.74) is -1.65. The molecule has 1 saturated carbocycles. The molecule has 0 aromatic heterocycles. The highest BCUT2D eigenvalue weighted by atomic mass is 19.4. The molecule has 0 aromatic carbocycles. The van der Waals surface area contributed by atoms with E-state index in [1.807, 2.05) is 0 Å². The highest BCUT2D eigenvalue weighted by Crippen LogP contribution is 2.43. The Labute approximate surface area is 91.4 Å². The van der Waals surface area contributed by atoms with Crippen molar-refractivity contribution < 1.29 is 22.0 Å². The van der Waals surface area contributed by atoms with E-state index < -0.39 is 30.5 Å². The first-order valence-corrected chi connectivity index (χ1v) is 5.41. The Kier molecular flexibility index (Phi) is 4.15. The van der Waals surface area contributed by atoms with E-state index in [0.29, 0.717) is 0 Å². The van der Waals surface area contributed by atoms with E-state index in [-0.39, 0.29) is 25.8 Å². The van der Waals surface area contributed by atoms with Gasteiger partial charge in [0, 0.05) is 0 Å². The van der Waals surface area contributed by atoms with Gasteiger partial charge >= 0.3 is 6.18 Å². The maximum absolute atomic E-state index is 12.9. The maximum Gasteiger partial charge on any atom is 0.391 e. The minimum atomic E-state index is -4.37. The Balaban J connectivity index is 2.79. The second kappa shape index (κ2) is 4.85. The third-order valence-corrected chi connectivity index (χ3v) is 3.20. The number of nitrogens with one attached hydrogen (secondary N) is 1. The summed E-state index contributed by atoms with van der Waals surface area (Å²) in [5.74, 6) is -1.60. The molecule has 1 aliphatic rings. The fourth-order valence-corrected chi connectivity index (χ4v) is 2.38. The summed E-state index contributed by atoms with van der Waals surface area (Å²) in [7, 11) is 0. The molecule has 0 radical (unpaired) electrons. The zero-order valence-corrected chi connectivity index (χ0v) is 9.08. The first kappa shape index (κ1) is 13.7. The molecule has 1 rings (SSSR count). The zero-order valence-electron chi connectivity index (χ0n) is 9.08. The van der Waals surface area contributed by atoms with Gasteiger partial charge in [-0.05, 0) is 25.8 Å². The van der Waals surface area contributed by atoms with E-state index in [4.69, 9.17) is 0 Å². The van der Waals surface area contributed by atoms with E-state index in [0.717, 1.165) is 0 Å². The molecule has 0 spiro atoms. The van der Waals surface area contributed by atoms with Crippen LogP contribution in [-0.4, -0.2) is 24.7 Å². The Morgan fingerprint density at radius 1 is 1.38 bits per heavy atom. The van der Waals surface area contributed by atoms with Crippen LogP contribution in [0.4, 0.5) is 22.0 Å². The largest absolute Gasteiger partial charge is 0.391 e. The van der Waals surface area contributed by atoms with Crippen molar-refractivity contribution in [1.29, 1.82) is 0 Å². The van der Waals surface area contributed by atoms with Gasteiger partial charge in [-0.3, -0.25) is 0 Å². The summed E-state index contributed by atoms with van der Waals surface area (Å²) < 4.78 is 63.3. The fourth-order valence-electron chi connectivity index (χ4n) is 2.38. The second-order valence-corrected chi connectivity index (χ2v) is 4.32. The minimum absolute atomic E-state index is 0.0383. The lowest BCUT2D eigenvalue weighted by Crippen LogP contribution is -2.55. The molecule has 16 heavy (non-hydrogen) atoms. The fraction of sp³-hybridized carbons (Fsp3) is 1.00. The number of hydrogen-bond acceptors (Lipinski definition) is 1. The average Bonchev–Trinajstić information content (AvgIpc) is 2.17. The maximum atomic E-state index is 12.9. The lowest BCUT2D eigenvalue weighted by Gasteiger charge is -2.41. The molecule has 2 atom stereocenters. The SMILES string of the molecule is CCNC1(C(F)F)CCCC(C(F)(F)F)C1. The Morgan fingerprint density at radius 3 is 2.44 bits per heavy atom. The third kappa shape index (κ3) is 2.84. The van der Waals surface area contributed by atoms with E-state index in [2.05, 4.69) is 5.32 Å². The zero-order chi connectivity index (χ0) is 12.4. The van der Waals surface area contributed by atoms with Gasteiger partial charge in [0.05, 0.1) is 11.5 Å². The number of hydrogen-bond donors (Lipinski definition) is 1. The smallest absolute Gasteiger partial charge is 0.307 e. The lowest BCUT2D eigenvalue weighted by molar-refractivity contribution is -0.194. The molecule has 0 heterocycles. The quantitative estimate of drug-likeness (QED) is 0.752. The van der Waals surface area contributed by atoms with Gasteiger partial charge in [-0.2, -0.15) is 13.2 Å². The van der Waals surface area contributed by atoms with Gasteiger partial charge in [0.25, 0.3) is 6.43 Å². The van der Waals surface area contributed by atoms with Crippen molar-refractivity contribution in [3.63, 3.8) is 0 Å².